The molecule has 1 amide bonds. The molecule has 0 bridgehead atoms. The molecule has 1 fully saturated rings. The van der Waals surface area contributed by atoms with Crippen LogP contribution < -0.4 is 10.2 Å². The quantitative estimate of drug-likeness (QED) is 0.462. The normalized spacial score (nSPS) is 15.5. The number of hydrogen-bond donors (Lipinski definition) is 1. The summed E-state index contributed by atoms with van der Waals surface area (Å²) in [5.41, 5.74) is 2.04. The topological polar surface area (TPSA) is 68.6 Å². The van der Waals surface area contributed by atoms with E-state index in [4.69, 9.17) is 4.74 Å². The first-order chi connectivity index (χ1) is 12.1. The highest BCUT2D eigenvalue weighted by Gasteiger charge is 2.11. The minimum Gasteiger partial charge on any atom is -0.379 e. The summed E-state index contributed by atoms with van der Waals surface area (Å²) < 4.78 is 5.31. The lowest BCUT2D eigenvalue weighted by Crippen LogP contribution is -2.38. The van der Waals surface area contributed by atoms with Gasteiger partial charge in [0.15, 0.2) is 0 Å². The minimum atomic E-state index is -0.318. The molecule has 6 nitrogen and oxygen atoms in total. The number of carbonyl (C=O) groups is 1. The molecule has 134 valence electrons. The molecule has 0 saturated carbocycles. The van der Waals surface area contributed by atoms with Crippen molar-refractivity contribution in [3.05, 3.63) is 35.4 Å². The molecule has 1 aliphatic heterocycles. The molecule has 25 heavy (non-hydrogen) atoms. The molecule has 0 atom stereocenters. The second-order valence-corrected chi connectivity index (χ2v) is 6.22. The Hall–Kier alpha value is -2.36. The lowest BCUT2D eigenvalue weighted by atomic mass is 10.1. The molecule has 1 aromatic carbocycles. The fourth-order valence-corrected chi connectivity index (χ4v) is 2.61. The average molecular weight is 342 g/mol. The Morgan fingerprint density at radius 3 is 2.60 bits per heavy atom. The van der Waals surface area contributed by atoms with Gasteiger partial charge in [0.2, 0.25) is 0 Å². The number of morpholine rings is 1. The Kier molecular flexibility index (Phi) is 7.45. The van der Waals surface area contributed by atoms with Crippen molar-refractivity contribution in [1.82, 2.24) is 10.2 Å². The molecule has 0 radical (unpaired) electrons. The van der Waals surface area contributed by atoms with Crippen molar-refractivity contribution in [2.24, 2.45) is 0 Å². The van der Waals surface area contributed by atoms with E-state index in [2.05, 4.69) is 10.2 Å². The second kappa shape index (κ2) is 9.82. The van der Waals surface area contributed by atoms with Crippen LogP contribution in [0.2, 0.25) is 0 Å². The van der Waals surface area contributed by atoms with Gasteiger partial charge in [0.25, 0.3) is 5.91 Å². The van der Waals surface area contributed by atoms with Crippen LogP contribution in [0.4, 0.5) is 5.69 Å². The fraction of sp³-hybridized carbons (Fsp3) is 0.474. The number of carbonyl (C=O) groups excluding carboxylic acids is 1. The molecule has 1 N–H and O–H groups in total. The Bertz CT molecular complexity index is 626. The van der Waals surface area contributed by atoms with Crippen molar-refractivity contribution in [1.29, 1.82) is 5.26 Å². The van der Waals surface area contributed by atoms with Crippen molar-refractivity contribution in [2.75, 3.05) is 58.4 Å². The highest BCUT2D eigenvalue weighted by molar-refractivity contribution is 6.01. The van der Waals surface area contributed by atoms with E-state index in [0.29, 0.717) is 6.54 Å². The van der Waals surface area contributed by atoms with E-state index in [1.54, 1.807) is 6.08 Å². The number of anilines is 1. The highest BCUT2D eigenvalue weighted by Crippen LogP contribution is 2.14. The zero-order chi connectivity index (χ0) is 18.1. The number of nitrogens with one attached hydrogen (secondary N) is 1. The van der Waals surface area contributed by atoms with E-state index in [1.165, 1.54) is 0 Å². The Morgan fingerprint density at radius 1 is 1.32 bits per heavy atom. The first kappa shape index (κ1) is 19.0. The van der Waals surface area contributed by atoms with Crippen molar-refractivity contribution >= 4 is 17.7 Å². The number of ether oxygens (including phenoxy) is 1. The SMILES string of the molecule is CN(C)c1ccc(C=C(C#N)C(=O)NCCCN2CCOCC2)cc1. The van der Waals surface area contributed by atoms with Gasteiger partial charge in [-0.1, -0.05) is 12.1 Å². The molecule has 1 heterocycles. The molecule has 0 unspecified atom stereocenters. The van der Waals surface area contributed by atoms with Crippen LogP contribution in [0.1, 0.15) is 12.0 Å². The first-order valence-electron chi connectivity index (χ1n) is 8.57. The number of nitrogens with zero attached hydrogens (tertiary/aromatic N) is 3. The van der Waals surface area contributed by atoms with Gasteiger partial charge in [-0.15, -0.1) is 0 Å². The average Bonchev–Trinajstić information content (AvgIpc) is 2.64. The lowest BCUT2D eigenvalue weighted by Gasteiger charge is -2.26. The van der Waals surface area contributed by atoms with Crippen molar-refractivity contribution in [3.8, 4) is 6.07 Å². The number of nitriles is 1. The molecular weight excluding hydrogens is 316 g/mol. The third-order valence-corrected chi connectivity index (χ3v) is 4.13. The van der Waals surface area contributed by atoms with Gasteiger partial charge in [0, 0.05) is 39.4 Å². The molecule has 1 aliphatic rings. The lowest BCUT2D eigenvalue weighted by molar-refractivity contribution is -0.117. The van der Waals surface area contributed by atoms with Crippen LogP contribution >= 0.6 is 0 Å². The van der Waals surface area contributed by atoms with Crippen LogP contribution in [0.3, 0.4) is 0 Å². The standard InChI is InChI=1S/C19H26N4O2/c1-22(2)18-6-4-16(5-7-18)14-17(15-20)19(24)21-8-3-9-23-10-12-25-13-11-23/h4-7,14H,3,8-13H2,1-2H3,(H,21,24). The second-order valence-electron chi connectivity index (χ2n) is 6.22. The summed E-state index contributed by atoms with van der Waals surface area (Å²) in [6.45, 7) is 4.94. The maximum Gasteiger partial charge on any atom is 0.261 e. The van der Waals surface area contributed by atoms with E-state index in [9.17, 15) is 10.1 Å². The maximum atomic E-state index is 12.2. The summed E-state index contributed by atoms with van der Waals surface area (Å²) in [5.74, 6) is -0.318. The maximum absolute atomic E-state index is 12.2. The highest BCUT2D eigenvalue weighted by atomic mass is 16.5. The zero-order valence-corrected chi connectivity index (χ0v) is 15.0. The summed E-state index contributed by atoms with van der Waals surface area (Å²) in [5, 5.41) is 12.1. The van der Waals surface area contributed by atoms with Gasteiger partial charge in [-0.3, -0.25) is 9.69 Å². The predicted molar refractivity (Wildman–Crippen MR) is 99.2 cm³/mol. The van der Waals surface area contributed by atoms with Crippen LogP contribution in [0.25, 0.3) is 6.08 Å². The number of amides is 1. The third-order valence-electron chi connectivity index (χ3n) is 4.13. The van der Waals surface area contributed by atoms with E-state index in [-0.39, 0.29) is 11.5 Å². The Labute approximate surface area is 149 Å². The molecule has 2 rings (SSSR count). The van der Waals surface area contributed by atoms with E-state index >= 15 is 0 Å². The van der Waals surface area contributed by atoms with E-state index in [0.717, 1.165) is 50.5 Å². The Morgan fingerprint density at radius 2 is 2.00 bits per heavy atom. The molecule has 1 saturated heterocycles. The van der Waals surface area contributed by atoms with Crippen LogP contribution in [-0.4, -0.2) is 64.3 Å². The number of benzene rings is 1. The van der Waals surface area contributed by atoms with Crippen LogP contribution in [0, 0.1) is 11.3 Å². The third kappa shape index (κ3) is 6.22. The molecule has 0 aromatic heterocycles. The van der Waals surface area contributed by atoms with Gasteiger partial charge < -0.3 is 15.0 Å². The van der Waals surface area contributed by atoms with Crippen LogP contribution in [0.5, 0.6) is 0 Å². The summed E-state index contributed by atoms with van der Waals surface area (Å²) in [4.78, 5) is 16.5. The molecule has 0 aliphatic carbocycles. The zero-order valence-electron chi connectivity index (χ0n) is 15.0. The van der Waals surface area contributed by atoms with Gasteiger partial charge in [0.1, 0.15) is 11.6 Å². The molecule has 6 heteroatoms. The molecule has 0 spiro atoms. The van der Waals surface area contributed by atoms with Gasteiger partial charge in [0.05, 0.1) is 13.2 Å². The smallest absolute Gasteiger partial charge is 0.261 e. The summed E-state index contributed by atoms with van der Waals surface area (Å²) in [6, 6.07) is 9.71. The van der Waals surface area contributed by atoms with Crippen molar-refractivity contribution < 1.29 is 9.53 Å². The van der Waals surface area contributed by atoms with Gasteiger partial charge >= 0.3 is 0 Å². The van der Waals surface area contributed by atoms with Gasteiger partial charge in [-0.2, -0.15) is 5.26 Å². The predicted octanol–water partition coefficient (Wildman–Crippen LogP) is 1.50. The molecular formula is C19H26N4O2. The van der Waals surface area contributed by atoms with E-state index < -0.39 is 0 Å². The van der Waals surface area contributed by atoms with Crippen molar-refractivity contribution in [3.63, 3.8) is 0 Å². The van der Waals surface area contributed by atoms with Gasteiger partial charge in [-0.05, 0) is 36.7 Å². The Balaban J connectivity index is 1.82. The largest absolute Gasteiger partial charge is 0.379 e. The van der Waals surface area contributed by atoms with Crippen molar-refractivity contribution in [2.45, 2.75) is 6.42 Å². The van der Waals surface area contributed by atoms with Crippen LogP contribution in [-0.2, 0) is 9.53 Å². The minimum absolute atomic E-state index is 0.129. The van der Waals surface area contributed by atoms with Crippen LogP contribution in [0.15, 0.2) is 29.8 Å². The summed E-state index contributed by atoms with van der Waals surface area (Å²) in [7, 11) is 3.94. The fourth-order valence-electron chi connectivity index (χ4n) is 2.61. The number of hydrogen-bond acceptors (Lipinski definition) is 5. The van der Waals surface area contributed by atoms with E-state index in [1.807, 2.05) is 49.3 Å². The first-order valence-corrected chi connectivity index (χ1v) is 8.57. The monoisotopic (exact) mass is 342 g/mol. The summed E-state index contributed by atoms with van der Waals surface area (Å²) in [6.07, 6.45) is 2.48. The summed E-state index contributed by atoms with van der Waals surface area (Å²) >= 11 is 0. The number of rotatable bonds is 7. The molecule has 1 aromatic rings. The van der Waals surface area contributed by atoms with Gasteiger partial charge in [-0.25, -0.2) is 0 Å².